The number of benzene rings is 8. The van der Waals surface area contributed by atoms with Crippen molar-refractivity contribution >= 4 is 21.8 Å². The van der Waals surface area contributed by atoms with Crippen molar-refractivity contribution in [2.75, 3.05) is 0 Å². The summed E-state index contributed by atoms with van der Waals surface area (Å²) in [5.41, 5.74) is 18.8. The molecule has 0 aliphatic heterocycles. The second kappa shape index (κ2) is 16.2. The summed E-state index contributed by atoms with van der Waals surface area (Å²) in [7, 11) is 0. The highest BCUT2D eigenvalue weighted by molar-refractivity contribution is 5.98. The normalized spacial score (nSPS) is 13.6. The molecule has 2 heteroatoms. The molecule has 8 aromatic carbocycles. The minimum atomic E-state index is 0.0133. The molecule has 62 heavy (non-hydrogen) atoms. The maximum absolute atomic E-state index is 5.09. The van der Waals surface area contributed by atoms with E-state index in [2.05, 4.69) is 218 Å². The Morgan fingerprint density at radius 3 is 1.03 bits per heavy atom. The number of rotatable bonds is 8. The van der Waals surface area contributed by atoms with Crippen LogP contribution in [0.15, 0.2) is 218 Å². The van der Waals surface area contributed by atoms with Crippen LogP contribution >= 0.6 is 0 Å². The second-order valence-electron chi connectivity index (χ2n) is 16.8. The Kier molecular flexibility index (Phi) is 9.83. The Balaban J connectivity index is 0.844. The lowest BCUT2D eigenvalue weighted by Gasteiger charge is -2.39. The Morgan fingerprint density at radius 1 is 0.290 bits per heavy atom. The molecule has 1 saturated carbocycles. The lowest BCUT2D eigenvalue weighted by Crippen LogP contribution is -2.30. The molecule has 0 unspecified atom stereocenters. The van der Waals surface area contributed by atoms with Crippen LogP contribution in [0.5, 0.6) is 0 Å². The standard InChI is InChI=1S/C60H46N2/c1-4-14-46(15-5-1)54-40-58(61-56-20-10-8-18-52(54)56)48-26-22-42(23-27-48)44-30-34-50(35-31-44)60(38-12-3-13-39-60)51-36-32-45(33-37-51)43-24-28-49(29-25-43)59-41-55(47-16-6-2-7-17-47)53-19-9-11-21-57(53)62-59/h1-2,4-11,14-37,40-41H,3,12-13,38-39H2. The highest BCUT2D eigenvalue weighted by Gasteiger charge is 2.35. The molecule has 2 nitrogen and oxygen atoms in total. The zero-order valence-electron chi connectivity index (χ0n) is 34.7. The summed E-state index contributed by atoms with van der Waals surface area (Å²) in [6.07, 6.45) is 6.13. The third-order valence-corrected chi connectivity index (χ3v) is 13.2. The molecule has 0 N–H and O–H groups in total. The summed E-state index contributed by atoms with van der Waals surface area (Å²) in [4.78, 5) is 10.2. The summed E-state index contributed by atoms with van der Waals surface area (Å²) in [6.45, 7) is 0. The smallest absolute Gasteiger partial charge is 0.0715 e. The average molecular weight is 795 g/mol. The van der Waals surface area contributed by atoms with Gasteiger partial charge >= 0.3 is 0 Å². The van der Waals surface area contributed by atoms with E-state index < -0.39 is 0 Å². The van der Waals surface area contributed by atoms with Crippen molar-refractivity contribution in [3.63, 3.8) is 0 Å². The predicted molar refractivity (Wildman–Crippen MR) is 260 cm³/mol. The zero-order valence-corrected chi connectivity index (χ0v) is 34.7. The van der Waals surface area contributed by atoms with Crippen molar-refractivity contribution in [1.82, 2.24) is 9.97 Å². The van der Waals surface area contributed by atoms with Crippen LogP contribution < -0.4 is 0 Å². The topological polar surface area (TPSA) is 25.8 Å². The van der Waals surface area contributed by atoms with E-state index in [1.807, 2.05) is 0 Å². The molecule has 11 rings (SSSR count). The van der Waals surface area contributed by atoms with Gasteiger partial charge < -0.3 is 0 Å². The van der Waals surface area contributed by atoms with Crippen molar-refractivity contribution in [3.8, 4) is 67.0 Å². The molecule has 1 fully saturated rings. The van der Waals surface area contributed by atoms with Gasteiger partial charge in [-0.15, -0.1) is 0 Å². The van der Waals surface area contributed by atoms with E-state index in [-0.39, 0.29) is 5.41 Å². The molecule has 0 spiro atoms. The molecule has 10 aromatic rings. The van der Waals surface area contributed by atoms with Crippen LogP contribution in [0.3, 0.4) is 0 Å². The van der Waals surface area contributed by atoms with Crippen LogP contribution in [0.1, 0.15) is 43.2 Å². The average Bonchev–Trinajstić information content (AvgIpc) is 3.36. The Labute approximate surface area is 364 Å². The predicted octanol–water partition coefficient (Wildman–Crippen LogP) is 16.0. The number of hydrogen-bond donors (Lipinski definition) is 0. The van der Waals surface area contributed by atoms with Crippen LogP contribution in [0, 0.1) is 0 Å². The van der Waals surface area contributed by atoms with Gasteiger partial charge in [-0.25, -0.2) is 9.97 Å². The first-order valence-corrected chi connectivity index (χ1v) is 22.0. The summed E-state index contributed by atoms with van der Waals surface area (Å²) in [5, 5.41) is 2.34. The summed E-state index contributed by atoms with van der Waals surface area (Å²) in [5.74, 6) is 0. The van der Waals surface area contributed by atoms with Gasteiger partial charge in [-0.1, -0.05) is 213 Å². The lowest BCUT2D eigenvalue weighted by molar-refractivity contribution is 0.346. The summed E-state index contributed by atoms with van der Waals surface area (Å²) >= 11 is 0. The van der Waals surface area contributed by atoms with Gasteiger partial charge in [-0.05, 0) is 92.7 Å². The highest BCUT2D eigenvalue weighted by Crippen LogP contribution is 2.46. The second-order valence-corrected chi connectivity index (χ2v) is 16.8. The zero-order chi connectivity index (χ0) is 41.3. The molecule has 0 radical (unpaired) electrons. The van der Waals surface area contributed by atoms with Crippen LogP contribution in [-0.4, -0.2) is 9.97 Å². The van der Waals surface area contributed by atoms with E-state index in [9.17, 15) is 0 Å². The number of para-hydroxylation sites is 2. The maximum Gasteiger partial charge on any atom is 0.0715 e. The molecule has 296 valence electrons. The van der Waals surface area contributed by atoms with E-state index in [1.165, 1.54) is 98.5 Å². The highest BCUT2D eigenvalue weighted by atomic mass is 14.7. The van der Waals surface area contributed by atoms with Gasteiger partial charge in [-0.2, -0.15) is 0 Å². The van der Waals surface area contributed by atoms with Crippen LogP contribution in [0.25, 0.3) is 88.8 Å². The Bertz CT molecular complexity index is 2930. The van der Waals surface area contributed by atoms with Gasteiger partial charge in [0, 0.05) is 27.3 Å². The van der Waals surface area contributed by atoms with Crippen LogP contribution in [-0.2, 0) is 5.41 Å². The minimum absolute atomic E-state index is 0.0133. The van der Waals surface area contributed by atoms with Gasteiger partial charge in [0.05, 0.1) is 22.4 Å². The van der Waals surface area contributed by atoms with Crippen LogP contribution in [0.2, 0.25) is 0 Å². The summed E-state index contributed by atoms with van der Waals surface area (Å²) in [6, 6.07) is 79.3. The SMILES string of the molecule is c1ccc(-c2cc(-c3ccc(-c4ccc(C5(c6ccc(-c7ccc(-c8cc(-c9ccccc9)c9ccccc9n8)cc7)cc6)CCCCC5)cc4)cc3)nc3ccccc23)cc1. The fourth-order valence-corrected chi connectivity index (χ4v) is 9.89. The molecular weight excluding hydrogens is 749 g/mol. The van der Waals surface area contributed by atoms with Crippen molar-refractivity contribution in [2.24, 2.45) is 0 Å². The van der Waals surface area contributed by atoms with Crippen LogP contribution in [0.4, 0.5) is 0 Å². The molecular formula is C60H46N2. The quantitative estimate of drug-likeness (QED) is 0.153. The number of fused-ring (bicyclic) bond motifs is 2. The molecule has 0 bridgehead atoms. The molecule has 2 heterocycles. The fourth-order valence-electron chi connectivity index (χ4n) is 9.89. The third-order valence-electron chi connectivity index (χ3n) is 13.2. The Hall–Kier alpha value is -7.42. The molecule has 0 saturated heterocycles. The van der Waals surface area contributed by atoms with E-state index in [0.29, 0.717) is 0 Å². The summed E-state index contributed by atoms with van der Waals surface area (Å²) < 4.78 is 0. The van der Waals surface area contributed by atoms with Crippen molar-refractivity contribution in [1.29, 1.82) is 0 Å². The number of pyridine rings is 2. The largest absolute Gasteiger partial charge is 0.248 e. The van der Waals surface area contributed by atoms with Gasteiger partial charge in [0.15, 0.2) is 0 Å². The first-order valence-electron chi connectivity index (χ1n) is 22.0. The van der Waals surface area contributed by atoms with Gasteiger partial charge in [0.25, 0.3) is 0 Å². The number of aromatic nitrogens is 2. The van der Waals surface area contributed by atoms with E-state index in [1.54, 1.807) is 0 Å². The van der Waals surface area contributed by atoms with Gasteiger partial charge in [0.2, 0.25) is 0 Å². The maximum atomic E-state index is 5.09. The lowest BCUT2D eigenvalue weighted by atomic mass is 9.65. The Morgan fingerprint density at radius 2 is 0.629 bits per heavy atom. The minimum Gasteiger partial charge on any atom is -0.248 e. The van der Waals surface area contributed by atoms with Crippen molar-refractivity contribution < 1.29 is 0 Å². The monoisotopic (exact) mass is 794 g/mol. The van der Waals surface area contributed by atoms with E-state index >= 15 is 0 Å². The first kappa shape index (κ1) is 37.6. The van der Waals surface area contributed by atoms with Gasteiger partial charge in [0.1, 0.15) is 0 Å². The molecule has 1 aliphatic rings. The fraction of sp³-hybridized carbons (Fsp3) is 0.100. The number of hydrogen-bond acceptors (Lipinski definition) is 2. The number of nitrogens with zero attached hydrogens (tertiary/aromatic N) is 2. The first-order chi connectivity index (χ1) is 30.7. The molecule has 1 aliphatic carbocycles. The van der Waals surface area contributed by atoms with Crippen molar-refractivity contribution in [3.05, 3.63) is 230 Å². The third kappa shape index (κ3) is 7.08. The molecule has 2 aromatic heterocycles. The molecule has 0 atom stereocenters. The van der Waals surface area contributed by atoms with Crippen molar-refractivity contribution in [2.45, 2.75) is 37.5 Å². The van der Waals surface area contributed by atoms with Gasteiger partial charge in [-0.3, -0.25) is 0 Å². The van der Waals surface area contributed by atoms with E-state index in [4.69, 9.17) is 9.97 Å². The molecule has 0 amide bonds. The van der Waals surface area contributed by atoms with E-state index in [0.717, 1.165) is 33.5 Å².